The Balaban J connectivity index is 1.53. The van der Waals surface area contributed by atoms with Crippen molar-refractivity contribution in [3.8, 4) is 5.75 Å². The monoisotopic (exact) mass is 448 g/mol. The molecule has 0 spiro atoms. The number of hydrogen-bond donors (Lipinski definition) is 2. The number of amides is 2. The van der Waals surface area contributed by atoms with Gasteiger partial charge in [-0.3, -0.25) is 9.59 Å². The minimum Gasteiger partial charge on any atom is -0.494 e. The first-order chi connectivity index (χ1) is 14.4. The molecule has 1 saturated heterocycles. The van der Waals surface area contributed by atoms with Crippen LogP contribution in [0.25, 0.3) is 0 Å². The zero-order valence-corrected chi connectivity index (χ0v) is 18.3. The number of thiophene rings is 1. The Morgan fingerprint density at radius 2 is 1.93 bits per heavy atom. The van der Waals surface area contributed by atoms with Crippen molar-refractivity contribution in [3.05, 3.63) is 45.8 Å². The summed E-state index contributed by atoms with van der Waals surface area (Å²) in [4.78, 5) is 26.9. The number of carbonyl (C=O) groups excluding carboxylic acids is 2. The number of rotatable bonds is 6. The van der Waals surface area contributed by atoms with Gasteiger partial charge >= 0.3 is 0 Å². The number of aryl methyl sites for hydroxylation is 1. The van der Waals surface area contributed by atoms with E-state index in [4.69, 9.17) is 4.74 Å². The Kier molecular flexibility index (Phi) is 5.84. The zero-order valence-electron chi connectivity index (χ0n) is 16.7. The molecule has 7 nitrogen and oxygen atoms in total. The summed E-state index contributed by atoms with van der Waals surface area (Å²) in [6.45, 7) is 2.44. The molecule has 1 aliphatic heterocycles. The van der Waals surface area contributed by atoms with E-state index in [0.717, 1.165) is 29.7 Å². The Labute approximate surface area is 179 Å². The zero-order chi connectivity index (χ0) is 21.3. The molecule has 1 fully saturated rings. The van der Waals surface area contributed by atoms with E-state index in [1.807, 2.05) is 6.92 Å². The maximum atomic E-state index is 13.0. The molecule has 2 aliphatic rings. The van der Waals surface area contributed by atoms with Crippen molar-refractivity contribution >= 4 is 38.0 Å². The van der Waals surface area contributed by atoms with Gasteiger partial charge in [-0.2, -0.15) is 0 Å². The lowest BCUT2D eigenvalue weighted by molar-refractivity contribution is 0.0941. The van der Waals surface area contributed by atoms with E-state index in [1.165, 1.54) is 11.3 Å². The first-order valence-corrected chi connectivity index (χ1v) is 12.7. The molecule has 4 rings (SSSR count). The third kappa shape index (κ3) is 4.37. The van der Waals surface area contributed by atoms with Crippen LogP contribution in [0, 0.1) is 0 Å². The average molecular weight is 449 g/mol. The quantitative estimate of drug-likeness (QED) is 0.708. The highest BCUT2D eigenvalue weighted by Crippen LogP contribution is 2.39. The molecule has 160 valence electrons. The normalized spacial score (nSPS) is 19.3. The number of anilines is 1. The van der Waals surface area contributed by atoms with Crippen LogP contribution in [0.5, 0.6) is 5.75 Å². The molecular weight excluding hydrogens is 424 g/mol. The van der Waals surface area contributed by atoms with Crippen molar-refractivity contribution < 1.29 is 22.7 Å². The minimum atomic E-state index is -3.09. The number of hydrogen-bond acceptors (Lipinski definition) is 6. The van der Waals surface area contributed by atoms with E-state index < -0.39 is 9.84 Å². The molecular formula is C21H24N2O5S2. The van der Waals surface area contributed by atoms with Gasteiger partial charge in [0.2, 0.25) is 0 Å². The molecule has 2 heterocycles. The van der Waals surface area contributed by atoms with Crippen molar-refractivity contribution in [1.29, 1.82) is 0 Å². The summed E-state index contributed by atoms with van der Waals surface area (Å²) in [5, 5.41) is 6.28. The van der Waals surface area contributed by atoms with E-state index in [2.05, 4.69) is 10.6 Å². The highest BCUT2D eigenvalue weighted by atomic mass is 32.2. The lowest BCUT2D eigenvalue weighted by Gasteiger charge is -2.13. The van der Waals surface area contributed by atoms with Crippen molar-refractivity contribution in [2.45, 2.75) is 38.6 Å². The van der Waals surface area contributed by atoms with Crippen LogP contribution in [0.15, 0.2) is 24.3 Å². The summed E-state index contributed by atoms with van der Waals surface area (Å²) < 4.78 is 28.8. The van der Waals surface area contributed by atoms with E-state index >= 15 is 0 Å². The third-order valence-corrected chi connectivity index (χ3v) is 8.35. The molecule has 1 aliphatic carbocycles. The van der Waals surface area contributed by atoms with Crippen molar-refractivity contribution in [1.82, 2.24) is 5.32 Å². The predicted octanol–water partition coefficient (Wildman–Crippen LogP) is 2.80. The third-order valence-electron chi connectivity index (χ3n) is 5.37. The maximum Gasteiger partial charge on any atom is 0.256 e. The molecule has 1 aromatic carbocycles. The second-order valence-electron chi connectivity index (χ2n) is 7.55. The van der Waals surface area contributed by atoms with E-state index in [9.17, 15) is 18.0 Å². The molecule has 0 radical (unpaired) electrons. The summed E-state index contributed by atoms with van der Waals surface area (Å²) in [5.41, 5.74) is 1.93. The number of nitrogens with one attached hydrogen (secondary N) is 2. The molecule has 1 aromatic heterocycles. The lowest BCUT2D eigenvalue weighted by Crippen LogP contribution is -2.36. The smallest absolute Gasteiger partial charge is 0.256 e. The Bertz CT molecular complexity index is 1070. The van der Waals surface area contributed by atoms with Crippen molar-refractivity contribution in [2.75, 3.05) is 23.4 Å². The molecule has 30 heavy (non-hydrogen) atoms. The fourth-order valence-electron chi connectivity index (χ4n) is 3.94. The van der Waals surface area contributed by atoms with Crippen LogP contribution < -0.4 is 15.4 Å². The van der Waals surface area contributed by atoms with Gasteiger partial charge in [-0.05, 0) is 62.4 Å². The van der Waals surface area contributed by atoms with Crippen LogP contribution in [-0.2, 0) is 22.7 Å². The van der Waals surface area contributed by atoms with Crippen LogP contribution >= 0.6 is 11.3 Å². The van der Waals surface area contributed by atoms with Gasteiger partial charge in [0.1, 0.15) is 10.8 Å². The van der Waals surface area contributed by atoms with Crippen LogP contribution in [0.4, 0.5) is 5.00 Å². The van der Waals surface area contributed by atoms with Crippen LogP contribution in [0.3, 0.4) is 0 Å². The van der Waals surface area contributed by atoms with Crippen molar-refractivity contribution in [2.24, 2.45) is 0 Å². The molecule has 2 N–H and O–H groups in total. The predicted molar refractivity (Wildman–Crippen MR) is 116 cm³/mol. The van der Waals surface area contributed by atoms with E-state index in [-0.39, 0.29) is 29.4 Å². The number of carbonyl (C=O) groups is 2. The number of ether oxygens (including phenoxy) is 1. The van der Waals surface area contributed by atoms with Crippen LogP contribution in [0.1, 0.15) is 50.9 Å². The summed E-state index contributed by atoms with van der Waals surface area (Å²) >= 11 is 1.43. The second kappa shape index (κ2) is 8.39. The van der Waals surface area contributed by atoms with Gasteiger partial charge in [0.15, 0.2) is 9.84 Å². The van der Waals surface area contributed by atoms with Crippen LogP contribution in [-0.4, -0.2) is 44.4 Å². The summed E-state index contributed by atoms with van der Waals surface area (Å²) in [5.74, 6) is 0.157. The van der Waals surface area contributed by atoms with Crippen LogP contribution in [0.2, 0.25) is 0 Å². The first kappa shape index (κ1) is 20.9. The number of fused-ring (bicyclic) bond motifs is 1. The largest absolute Gasteiger partial charge is 0.494 e. The maximum absolute atomic E-state index is 13.0. The van der Waals surface area contributed by atoms with Gasteiger partial charge in [0.25, 0.3) is 11.8 Å². The highest BCUT2D eigenvalue weighted by Gasteiger charge is 2.32. The summed E-state index contributed by atoms with van der Waals surface area (Å²) in [7, 11) is -3.09. The fourth-order valence-corrected chi connectivity index (χ4v) is 6.90. The number of benzene rings is 1. The van der Waals surface area contributed by atoms with Gasteiger partial charge in [-0.25, -0.2) is 8.42 Å². The SMILES string of the molecule is CCOc1ccc(C(=O)Nc2sc3c(c2C(=O)N[C@H]2CCS(=O)(=O)C2)CCC3)cc1. The van der Waals surface area contributed by atoms with Gasteiger partial charge in [-0.1, -0.05) is 0 Å². The molecule has 2 aromatic rings. The summed E-state index contributed by atoms with van der Waals surface area (Å²) in [6, 6.07) is 6.46. The van der Waals surface area contributed by atoms with E-state index in [1.54, 1.807) is 24.3 Å². The van der Waals surface area contributed by atoms with Crippen molar-refractivity contribution in [3.63, 3.8) is 0 Å². The Morgan fingerprint density at radius 1 is 1.17 bits per heavy atom. The van der Waals surface area contributed by atoms with Gasteiger partial charge in [0.05, 0.1) is 23.7 Å². The second-order valence-corrected chi connectivity index (χ2v) is 10.9. The topological polar surface area (TPSA) is 102 Å². The minimum absolute atomic E-state index is 0.0288. The Morgan fingerprint density at radius 3 is 2.60 bits per heavy atom. The lowest BCUT2D eigenvalue weighted by atomic mass is 10.1. The molecule has 0 unspecified atom stereocenters. The first-order valence-electron chi connectivity index (χ1n) is 10.1. The Hall–Kier alpha value is -2.39. The van der Waals surface area contributed by atoms with Gasteiger partial charge in [-0.15, -0.1) is 11.3 Å². The highest BCUT2D eigenvalue weighted by molar-refractivity contribution is 7.91. The molecule has 2 amide bonds. The van der Waals surface area contributed by atoms with Gasteiger partial charge in [0, 0.05) is 16.5 Å². The average Bonchev–Trinajstić information content (AvgIpc) is 3.36. The van der Waals surface area contributed by atoms with E-state index in [0.29, 0.717) is 34.9 Å². The number of sulfone groups is 1. The van der Waals surface area contributed by atoms with Gasteiger partial charge < -0.3 is 15.4 Å². The molecule has 9 heteroatoms. The summed E-state index contributed by atoms with van der Waals surface area (Å²) in [6.07, 6.45) is 3.08. The standard InChI is InChI=1S/C21H24N2O5S2/c1-2-28-15-8-6-13(7-9-15)19(24)23-21-18(16-4-3-5-17(16)29-21)20(25)22-14-10-11-30(26,27)12-14/h6-9,14H,2-5,10-12H2,1H3,(H,22,25)(H,23,24)/t14-/m0/s1. The molecule has 0 saturated carbocycles. The molecule has 0 bridgehead atoms. The molecule has 1 atom stereocenters. The fraction of sp³-hybridized carbons (Fsp3) is 0.429.